The monoisotopic (exact) mass is 456 g/mol. The number of ether oxygens (including phenoxy) is 1. The lowest BCUT2D eigenvalue weighted by atomic mass is 9.99. The van der Waals surface area contributed by atoms with E-state index in [1.807, 2.05) is 0 Å². The lowest BCUT2D eigenvalue weighted by molar-refractivity contribution is -0.413. The fourth-order valence-corrected chi connectivity index (χ4v) is 3.48. The summed E-state index contributed by atoms with van der Waals surface area (Å²) >= 11 is 0. The van der Waals surface area contributed by atoms with Crippen molar-refractivity contribution >= 4 is 5.91 Å². The molecule has 7 N–H and O–H groups in total. The fraction of sp³-hybridized carbons (Fsp3) is 0.389. The Balaban J connectivity index is 2.18. The molecule has 2 aromatic rings. The molecule has 3 rings (SSSR count). The largest absolute Gasteiger partial charge is 0.394 e. The summed E-state index contributed by atoms with van der Waals surface area (Å²) in [6, 6.07) is 6.59. The van der Waals surface area contributed by atoms with Gasteiger partial charge in [-0.2, -0.15) is 5.54 Å². The molecule has 2 heterocycles. The Labute approximate surface area is 178 Å². The van der Waals surface area contributed by atoms with E-state index in [1.165, 1.54) is 0 Å². The molecule has 4 atom stereocenters. The molecule has 1 amide bonds. The van der Waals surface area contributed by atoms with E-state index in [0.717, 1.165) is 0 Å². The molecule has 0 bridgehead atoms. The highest BCUT2D eigenvalue weighted by Crippen LogP contribution is 2.43. The maximum Gasteiger partial charge on any atom is 0.332 e. The maximum absolute atomic E-state index is 12.6. The van der Waals surface area contributed by atoms with E-state index in [4.69, 9.17) is 4.74 Å². The first-order chi connectivity index (χ1) is 15.0. The van der Waals surface area contributed by atoms with E-state index in [0.29, 0.717) is 22.9 Å². The Morgan fingerprint density at radius 2 is 2.00 bits per heavy atom. The molecular weight excluding hydrogens is 435 g/mol. The number of aromatic amines is 1. The minimum absolute atomic E-state index is 0.0823. The van der Waals surface area contributed by atoms with Crippen LogP contribution < -0.4 is 16.8 Å². The van der Waals surface area contributed by atoms with Crippen LogP contribution in [0.4, 0.5) is 4.48 Å². The van der Waals surface area contributed by atoms with Crippen molar-refractivity contribution in [3.05, 3.63) is 68.0 Å². The number of benzene rings is 1. The fourth-order valence-electron chi connectivity index (χ4n) is 3.48. The minimum Gasteiger partial charge on any atom is -0.394 e. The average Bonchev–Trinajstić information content (AvgIpc) is 2.97. The number of aromatic nitrogens is 2. The quantitative estimate of drug-likeness (QED) is 0.137. The number of aliphatic hydroxyl groups is 4. The normalized spacial score (nSPS) is 27.6. The summed E-state index contributed by atoms with van der Waals surface area (Å²) in [5, 5.41) is 53.3. The van der Waals surface area contributed by atoms with Crippen LogP contribution in [0.2, 0.25) is 0 Å². The van der Waals surface area contributed by atoms with Gasteiger partial charge in [0, 0.05) is 6.20 Å². The number of rotatable bonds is 6. The second-order valence-corrected chi connectivity index (χ2v) is 7.20. The highest BCUT2D eigenvalue weighted by atomic mass is 19.2. The second kappa shape index (κ2) is 8.51. The molecule has 0 saturated carbocycles. The molecular formula is C18H21FN4O9. The summed E-state index contributed by atoms with van der Waals surface area (Å²) in [5.41, 5.74) is -5.21. The van der Waals surface area contributed by atoms with E-state index in [9.17, 15) is 44.5 Å². The molecule has 0 spiro atoms. The topological polar surface area (TPSA) is 198 Å². The molecule has 0 radical (unpaired) electrons. The van der Waals surface area contributed by atoms with Crippen LogP contribution >= 0.6 is 0 Å². The lowest BCUT2D eigenvalue weighted by Crippen LogP contribution is -2.68. The molecule has 0 unspecified atom stereocenters. The number of carbonyl (C=O) groups is 1. The predicted molar refractivity (Wildman–Crippen MR) is 102 cm³/mol. The number of carbonyl (C=O) groups excluding carboxylic acids is 1. The highest BCUT2D eigenvalue weighted by Gasteiger charge is 2.70. The molecule has 1 aromatic carbocycles. The highest BCUT2D eigenvalue weighted by molar-refractivity contribution is 5.92. The van der Waals surface area contributed by atoms with E-state index < -0.39 is 59.7 Å². The van der Waals surface area contributed by atoms with Crippen molar-refractivity contribution < 1.29 is 39.6 Å². The Bertz CT molecular complexity index is 1140. The predicted octanol–water partition coefficient (Wildman–Crippen LogP) is -2.61. The van der Waals surface area contributed by atoms with Crippen molar-refractivity contribution in [2.24, 2.45) is 0 Å². The third-order valence-corrected chi connectivity index (χ3v) is 5.31. The van der Waals surface area contributed by atoms with E-state index in [1.54, 1.807) is 36.2 Å². The van der Waals surface area contributed by atoms with Crippen molar-refractivity contribution in [3.8, 4) is 0 Å². The number of hydrogen-bond donors (Lipinski definition) is 7. The van der Waals surface area contributed by atoms with Crippen molar-refractivity contribution in [3.63, 3.8) is 0 Å². The SMILES string of the molecule is Cc1ccccc1CN(O)[C@@]1(O)[C@H](O)[C@@H](CO)O[C@]1(O)n1cc(C(=O)NF)c(=O)[nH]c1=O. The van der Waals surface area contributed by atoms with Crippen LogP contribution in [0.1, 0.15) is 21.5 Å². The van der Waals surface area contributed by atoms with Gasteiger partial charge in [0.05, 0.1) is 13.2 Å². The number of amides is 1. The van der Waals surface area contributed by atoms with Gasteiger partial charge in [0.15, 0.2) is 0 Å². The van der Waals surface area contributed by atoms with Gasteiger partial charge in [0.25, 0.3) is 11.5 Å². The molecule has 1 fully saturated rings. The number of H-pyrrole nitrogens is 1. The molecule has 14 heteroatoms. The number of nitrogens with one attached hydrogen (secondary N) is 2. The number of hydrogen-bond acceptors (Lipinski definition) is 10. The van der Waals surface area contributed by atoms with Crippen molar-refractivity contribution in [1.82, 2.24) is 20.2 Å². The number of halogens is 1. The Morgan fingerprint density at radius 3 is 2.59 bits per heavy atom. The van der Waals surface area contributed by atoms with Crippen LogP contribution in [0, 0.1) is 6.92 Å². The second-order valence-electron chi connectivity index (χ2n) is 7.20. The van der Waals surface area contributed by atoms with Gasteiger partial charge in [0.1, 0.15) is 17.8 Å². The smallest absolute Gasteiger partial charge is 0.332 e. The van der Waals surface area contributed by atoms with Crippen molar-refractivity contribution in [2.75, 3.05) is 6.61 Å². The summed E-state index contributed by atoms with van der Waals surface area (Å²) in [5.74, 6) is -4.95. The Hall–Kier alpha value is -2.98. The molecule has 1 aliphatic rings. The van der Waals surface area contributed by atoms with Crippen LogP contribution in [0.25, 0.3) is 0 Å². The number of aryl methyl sites for hydroxylation is 1. The standard InChI is InChI=1S/C18H21FN4O9/c1-9-4-2-3-5-10(9)6-23(31)17(29)13(25)12(8-24)32-18(17,30)22-7-11(15(27)21-19)14(26)20-16(22)28/h2-5,7,12-13,24-25,29-31H,6,8H2,1H3,(H,21,27)(H,20,26,28)/t12-,13-,17-,18+/m1/s1. The summed E-state index contributed by atoms with van der Waals surface area (Å²) in [6.07, 6.45) is -3.56. The molecule has 1 saturated heterocycles. The Kier molecular flexibility index (Phi) is 6.30. The van der Waals surface area contributed by atoms with Gasteiger partial charge in [0.2, 0.25) is 5.72 Å². The molecule has 32 heavy (non-hydrogen) atoms. The average molecular weight is 456 g/mol. The zero-order valence-corrected chi connectivity index (χ0v) is 16.6. The number of aliphatic hydroxyl groups excluding tert-OH is 2. The molecule has 174 valence electrons. The zero-order valence-electron chi connectivity index (χ0n) is 16.6. The maximum atomic E-state index is 12.6. The molecule has 1 aromatic heterocycles. The van der Waals surface area contributed by atoms with Crippen LogP contribution in [0.15, 0.2) is 40.1 Å². The van der Waals surface area contributed by atoms with Gasteiger partial charge in [-0.25, -0.2) is 9.36 Å². The van der Waals surface area contributed by atoms with Crippen molar-refractivity contribution in [1.29, 1.82) is 0 Å². The summed E-state index contributed by atoms with van der Waals surface area (Å²) < 4.78 is 17.8. The van der Waals surface area contributed by atoms with Gasteiger partial charge in [-0.05, 0) is 18.1 Å². The third kappa shape index (κ3) is 3.53. The summed E-state index contributed by atoms with van der Waals surface area (Å²) in [7, 11) is 0. The van der Waals surface area contributed by atoms with E-state index in [2.05, 4.69) is 0 Å². The van der Waals surface area contributed by atoms with Crippen molar-refractivity contribution in [2.45, 2.75) is 37.3 Å². The zero-order chi connectivity index (χ0) is 23.8. The number of hydroxylamine groups is 2. The minimum atomic E-state index is -3.36. The lowest BCUT2D eigenvalue weighted by Gasteiger charge is -2.42. The summed E-state index contributed by atoms with van der Waals surface area (Å²) in [6.45, 7) is 0.214. The summed E-state index contributed by atoms with van der Waals surface area (Å²) in [4.78, 5) is 37.5. The first-order valence-electron chi connectivity index (χ1n) is 9.21. The van der Waals surface area contributed by atoms with Gasteiger partial charge in [-0.3, -0.25) is 14.6 Å². The molecule has 0 aliphatic carbocycles. The van der Waals surface area contributed by atoms with E-state index >= 15 is 0 Å². The van der Waals surface area contributed by atoms with Crippen LogP contribution in [0.5, 0.6) is 0 Å². The van der Waals surface area contributed by atoms with E-state index in [-0.39, 0.29) is 9.63 Å². The van der Waals surface area contributed by atoms with Gasteiger partial charge < -0.3 is 30.4 Å². The first-order valence-corrected chi connectivity index (χ1v) is 9.21. The Morgan fingerprint density at radius 1 is 1.34 bits per heavy atom. The van der Waals surface area contributed by atoms with Gasteiger partial charge >= 0.3 is 11.6 Å². The number of nitrogens with zero attached hydrogens (tertiary/aromatic N) is 2. The van der Waals surface area contributed by atoms with Gasteiger partial charge in [-0.15, -0.1) is 5.06 Å². The van der Waals surface area contributed by atoms with Crippen LogP contribution in [0.3, 0.4) is 0 Å². The van der Waals surface area contributed by atoms with Crippen LogP contribution in [-0.4, -0.2) is 70.7 Å². The van der Waals surface area contributed by atoms with Gasteiger partial charge in [-0.1, -0.05) is 28.7 Å². The van der Waals surface area contributed by atoms with Crippen LogP contribution in [-0.2, 0) is 17.2 Å². The molecule has 13 nitrogen and oxygen atoms in total. The first kappa shape index (κ1) is 23.7. The third-order valence-electron chi connectivity index (χ3n) is 5.31. The molecule has 1 aliphatic heterocycles.